The summed E-state index contributed by atoms with van der Waals surface area (Å²) in [6.45, 7) is 1.20. The van der Waals surface area contributed by atoms with E-state index in [0.29, 0.717) is 13.1 Å². The number of anilines is 1. The minimum absolute atomic E-state index is 0.0283. The van der Waals surface area contributed by atoms with E-state index in [4.69, 9.17) is 4.74 Å². The maximum absolute atomic E-state index is 13.0. The lowest BCUT2D eigenvalue weighted by atomic mass is 9.84. The van der Waals surface area contributed by atoms with Gasteiger partial charge < -0.3 is 15.0 Å². The second-order valence-electron chi connectivity index (χ2n) is 7.78. The van der Waals surface area contributed by atoms with E-state index in [1.165, 1.54) is 5.56 Å². The molecule has 0 spiro atoms. The number of methoxy groups -OCH3 is 1. The van der Waals surface area contributed by atoms with Crippen LogP contribution in [0.4, 0.5) is 5.69 Å². The van der Waals surface area contributed by atoms with E-state index in [1.807, 2.05) is 47.4 Å². The minimum atomic E-state index is -0.219. The molecule has 1 saturated carbocycles. The SMILES string of the molecule is COc1ccc(NC(=O)C2CC(c3ccccc3)CN(C(=O)C3CC3)C2)cc1. The van der Waals surface area contributed by atoms with E-state index in [1.54, 1.807) is 7.11 Å². The van der Waals surface area contributed by atoms with Crippen LogP contribution in [0.5, 0.6) is 5.75 Å². The number of likely N-dealkylation sites (tertiary alicyclic amines) is 1. The normalized spacial score (nSPS) is 21.8. The Morgan fingerprint density at radius 2 is 1.68 bits per heavy atom. The molecule has 2 aliphatic rings. The maximum Gasteiger partial charge on any atom is 0.229 e. The van der Waals surface area contributed by atoms with Crippen molar-refractivity contribution in [2.75, 3.05) is 25.5 Å². The summed E-state index contributed by atoms with van der Waals surface area (Å²) in [7, 11) is 1.62. The highest BCUT2D eigenvalue weighted by Gasteiger charge is 2.39. The number of hydrogen-bond donors (Lipinski definition) is 1. The van der Waals surface area contributed by atoms with Gasteiger partial charge in [0.2, 0.25) is 11.8 Å². The number of ether oxygens (including phenoxy) is 1. The topological polar surface area (TPSA) is 58.6 Å². The lowest BCUT2D eigenvalue weighted by Gasteiger charge is -2.37. The van der Waals surface area contributed by atoms with Gasteiger partial charge in [0.25, 0.3) is 0 Å². The molecule has 2 unspecified atom stereocenters. The van der Waals surface area contributed by atoms with Crippen molar-refractivity contribution >= 4 is 17.5 Å². The molecule has 4 rings (SSSR count). The number of carbonyl (C=O) groups is 2. The minimum Gasteiger partial charge on any atom is -0.497 e. The summed E-state index contributed by atoms with van der Waals surface area (Å²) < 4.78 is 5.17. The lowest BCUT2D eigenvalue weighted by molar-refractivity contribution is -0.136. The summed E-state index contributed by atoms with van der Waals surface area (Å²) >= 11 is 0. The summed E-state index contributed by atoms with van der Waals surface area (Å²) in [5.74, 6) is 1.07. The molecule has 1 saturated heterocycles. The third-order valence-electron chi connectivity index (χ3n) is 5.69. The fourth-order valence-electron chi connectivity index (χ4n) is 3.94. The molecule has 0 bridgehead atoms. The van der Waals surface area contributed by atoms with Gasteiger partial charge in [-0.25, -0.2) is 0 Å². The van der Waals surface area contributed by atoms with Crippen molar-refractivity contribution in [1.82, 2.24) is 4.90 Å². The number of piperidine rings is 1. The van der Waals surface area contributed by atoms with Crippen molar-refractivity contribution in [2.24, 2.45) is 11.8 Å². The Hall–Kier alpha value is -2.82. The molecule has 2 atom stereocenters. The molecule has 0 radical (unpaired) electrons. The van der Waals surface area contributed by atoms with E-state index < -0.39 is 0 Å². The van der Waals surface area contributed by atoms with Gasteiger partial charge in [-0.05, 0) is 49.1 Å². The van der Waals surface area contributed by atoms with Gasteiger partial charge in [-0.15, -0.1) is 0 Å². The van der Waals surface area contributed by atoms with Gasteiger partial charge in [0.1, 0.15) is 5.75 Å². The average Bonchev–Trinajstić information content (AvgIpc) is 3.59. The molecule has 1 heterocycles. The summed E-state index contributed by atoms with van der Waals surface area (Å²) in [5.41, 5.74) is 1.94. The van der Waals surface area contributed by atoms with Crippen molar-refractivity contribution < 1.29 is 14.3 Å². The van der Waals surface area contributed by atoms with Gasteiger partial charge in [0.15, 0.2) is 0 Å². The maximum atomic E-state index is 13.0. The van der Waals surface area contributed by atoms with Crippen LogP contribution in [0.15, 0.2) is 54.6 Å². The predicted octanol–water partition coefficient (Wildman–Crippen LogP) is 3.68. The lowest BCUT2D eigenvalue weighted by Crippen LogP contribution is -2.47. The molecule has 1 N–H and O–H groups in total. The molecule has 5 nitrogen and oxygen atoms in total. The summed E-state index contributed by atoms with van der Waals surface area (Å²) in [6.07, 6.45) is 2.71. The molecular formula is C23H26N2O3. The number of benzene rings is 2. The van der Waals surface area contributed by atoms with Crippen LogP contribution in [-0.2, 0) is 9.59 Å². The molecule has 2 fully saturated rings. The zero-order chi connectivity index (χ0) is 19.5. The molecule has 2 aromatic carbocycles. The van der Waals surface area contributed by atoms with Crippen LogP contribution in [0, 0.1) is 11.8 Å². The molecular weight excluding hydrogens is 352 g/mol. The van der Waals surface area contributed by atoms with Crippen LogP contribution in [-0.4, -0.2) is 36.9 Å². The molecule has 2 aromatic rings. The second-order valence-corrected chi connectivity index (χ2v) is 7.78. The molecule has 28 heavy (non-hydrogen) atoms. The predicted molar refractivity (Wildman–Crippen MR) is 108 cm³/mol. The summed E-state index contributed by atoms with van der Waals surface area (Å²) in [6, 6.07) is 17.5. The third-order valence-corrected chi connectivity index (χ3v) is 5.69. The highest BCUT2D eigenvalue weighted by molar-refractivity contribution is 5.93. The van der Waals surface area contributed by atoms with Crippen molar-refractivity contribution in [3.63, 3.8) is 0 Å². The second kappa shape index (κ2) is 8.05. The highest BCUT2D eigenvalue weighted by Crippen LogP contribution is 2.36. The van der Waals surface area contributed by atoms with Crippen LogP contribution in [0.1, 0.15) is 30.7 Å². The van der Waals surface area contributed by atoms with E-state index >= 15 is 0 Å². The van der Waals surface area contributed by atoms with Crippen LogP contribution < -0.4 is 10.1 Å². The molecule has 5 heteroatoms. The largest absolute Gasteiger partial charge is 0.497 e. The van der Waals surface area contributed by atoms with Crippen molar-refractivity contribution in [3.05, 3.63) is 60.2 Å². The Morgan fingerprint density at radius 1 is 0.964 bits per heavy atom. The van der Waals surface area contributed by atoms with Gasteiger partial charge in [0, 0.05) is 30.6 Å². The molecule has 146 valence electrons. The average molecular weight is 378 g/mol. The Balaban J connectivity index is 1.50. The van der Waals surface area contributed by atoms with Gasteiger partial charge >= 0.3 is 0 Å². The molecule has 0 aromatic heterocycles. The van der Waals surface area contributed by atoms with Crippen molar-refractivity contribution in [1.29, 1.82) is 0 Å². The number of amides is 2. The van der Waals surface area contributed by atoms with Crippen molar-refractivity contribution in [2.45, 2.75) is 25.2 Å². The quantitative estimate of drug-likeness (QED) is 0.864. The number of nitrogens with one attached hydrogen (secondary N) is 1. The zero-order valence-corrected chi connectivity index (χ0v) is 16.1. The zero-order valence-electron chi connectivity index (χ0n) is 16.1. The third kappa shape index (κ3) is 4.19. The summed E-state index contributed by atoms with van der Waals surface area (Å²) in [5, 5.41) is 3.01. The van der Waals surface area contributed by atoms with E-state index in [0.717, 1.165) is 30.7 Å². The van der Waals surface area contributed by atoms with Crippen molar-refractivity contribution in [3.8, 4) is 5.75 Å². The van der Waals surface area contributed by atoms with E-state index in [-0.39, 0.29) is 29.6 Å². The Kier molecular flexibility index (Phi) is 5.33. The van der Waals surface area contributed by atoms with Gasteiger partial charge in [-0.1, -0.05) is 30.3 Å². The smallest absolute Gasteiger partial charge is 0.229 e. The van der Waals surface area contributed by atoms with Crippen LogP contribution in [0.25, 0.3) is 0 Å². The van der Waals surface area contributed by atoms with E-state index in [9.17, 15) is 9.59 Å². The van der Waals surface area contributed by atoms with Crippen LogP contribution >= 0.6 is 0 Å². The van der Waals surface area contributed by atoms with E-state index in [2.05, 4.69) is 17.4 Å². The van der Waals surface area contributed by atoms with Crippen LogP contribution in [0.3, 0.4) is 0 Å². The molecule has 2 amide bonds. The van der Waals surface area contributed by atoms with Gasteiger partial charge in [0.05, 0.1) is 13.0 Å². The highest BCUT2D eigenvalue weighted by atomic mass is 16.5. The first-order valence-corrected chi connectivity index (χ1v) is 9.92. The van der Waals surface area contributed by atoms with Gasteiger partial charge in [-0.3, -0.25) is 9.59 Å². The van der Waals surface area contributed by atoms with Gasteiger partial charge in [-0.2, -0.15) is 0 Å². The summed E-state index contributed by atoms with van der Waals surface area (Å²) in [4.78, 5) is 27.6. The Morgan fingerprint density at radius 3 is 2.32 bits per heavy atom. The first-order valence-electron chi connectivity index (χ1n) is 9.92. The first-order chi connectivity index (χ1) is 13.6. The number of rotatable bonds is 5. The molecule has 1 aliphatic carbocycles. The number of nitrogens with zero attached hydrogens (tertiary/aromatic N) is 1. The monoisotopic (exact) mass is 378 g/mol. The first kappa shape index (κ1) is 18.5. The molecule has 1 aliphatic heterocycles. The Labute approximate surface area is 165 Å². The standard InChI is InChI=1S/C23H26N2O3/c1-28-21-11-9-20(10-12-21)24-22(26)19-13-18(16-5-3-2-4-6-16)14-25(15-19)23(27)17-7-8-17/h2-6,9-12,17-19H,7-8,13-15H2,1H3,(H,24,26). The fraction of sp³-hybridized carbons (Fsp3) is 0.391. The number of carbonyl (C=O) groups excluding carboxylic acids is 2. The Bertz CT molecular complexity index is 831. The fourth-order valence-corrected chi connectivity index (χ4v) is 3.94. The van der Waals surface area contributed by atoms with Crippen LogP contribution in [0.2, 0.25) is 0 Å². The number of hydrogen-bond acceptors (Lipinski definition) is 3.